The predicted molar refractivity (Wildman–Crippen MR) is 76.4 cm³/mol. The molecule has 0 bridgehead atoms. The van der Waals surface area contributed by atoms with Crippen molar-refractivity contribution in [3.05, 3.63) is 58.1 Å². The lowest BCUT2D eigenvalue weighted by molar-refractivity contribution is -0.385. The standard InChI is InChI=1S/C15H13NO5/c1-21-13-4-2-3-10(7-13)11-5-6-12(9-15(17)18)14(8-11)16(19)20/h2-8H,9H2,1H3,(H,17,18). The summed E-state index contributed by atoms with van der Waals surface area (Å²) in [6.07, 6.45) is -0.380. The van der Waals surface area contributed by atoms with Crippen molar-refractivity contribution in [1.82, 2.24) is 0 Å². The summed E-state index contributed by atoms with van der Waals surface area (Å²) < 4.78 is 5.12. The van der Waals surface area contributed by atoms with Gasteiger partial charge in [0.05, 0.1) is 18.5 Å². The number of aliphatic carboxylic acids is 1. The van der Waals surface area contributed by atoms with E-state index in [1.54, 1.807) is 30.3 Å². The van der Waals surface area contributed by atoms with Crippen LogP contribution in [0, 0.1) is 10.1 Å². The van der Waals surface area contributed by atoms with E-state index in [-0.39, 0.29) is 17.7 Å². The highest BCUT2D eigenvalue weighted by Crippen LogP contribution is 2.29. The minimum atomic E-state index is -1.10. The van der Waals surface area contributed by atoms with Gasteiger partial charge in [-0.25, -0.2) is 0 Å². The topological polar surface area (TPSA) is 89.7 Å². The van der Waals surface area contributed by atoms with E-state index in [4.69, 9.17) is 9.84 Å². The minimum absolute atomic E-state index is 0.180. The van der Waals surface area contributed by atoms with Gasteiger partial charge in [0.1, 0.15) is 5.75 Å². The van der Waals surface area contributed by atoms with Gasteiger partial charge < -0.3 is 9.84 Å². The summed E-state index contributed by atoms with van der Waals surface area (Å²) in [6.45, 7) is 0. The summed E-state index contributed by atoms with van der Waals surface area (Å²) in [5, 5.41) is 19.9. The second-order valence-corrected chi connectivity index (χ2v) is 4.40. The van der Waals surface area contributed by atoms with E-state index in [1.165, 1.54) is 19.2 Å². The first-order chi connectivity index (χ1) is 10.0. The maximum Gasteiger partial charge on any atom is 0.308 e. The maximum absolute atomic E-state index is 11.1. The average Bonchev–Trinajstić information content (AvgIpc) is 2.47. The van der Waals surface area contributed by atoms with Gasteiger partial charge in [0.2, 0.25) is 0 Å². The van der Waals surface area contributed by atoms with Crippen molar-refractivity contribution in [3.63, 3.8) is 0 Å². The normalized spacial score (nSPS) is 10.1. The number of nitro benzene ring substituents is 1. The van der Waals surface area contributed by atoms with Crippen LogP contribution in [0.1, 0.15) is 5.56 Å². The second-order valence-electron chi connectivity index (χ2n) is 4.40. The lowest BCUT2D eigenvalue weighted by atomic mass is 10.0. The molecule has 108 valence electrons. The summed E-state index contributed by atoms with van der Waals surface area (Å²) in [6, 6.07) is 11.6. The van der Waals surface area contributed by atoms with Gasteiger partial charge in [-0.05, 0) is 23.3 Å². The van der Waals surface area contributed by atoms with Crippen molar-refractivity contribution in [1.29, 1.82) is 0 Å². The molecule has 2 rings (SSSR count). The molecule has 0 amide bonds. The Morgan fingerprint density at radius 1 is 1.24 bits per heavy atom. The van der Waals surface area contributed by atoms with Gasteiger partial charge >= 0.3 is 5.97 Å². The van der Waals surface area contributed by atoms with Gasteiger partial charge in [0.25, 0.3) is 5.69 Å². The van der Waals surface area contributed by atoms with E-state index in [9.17, 15) is 14.9 Å². The third-order valence-electron chi connectivity index (χ3n) is 3.03. The summed E-state index contributed by atoms with van der Waals surface area (Å²) in [5.41, 5.74) is 1.38. The van der Waals surface area contributed by atoms with Crippen LogP contribution < -0.4 is 4.74 Å². The molecule has 0 spiro atoms. The quantitative estimate of drug-likeness (QED) is 0.674. The van der Waals surface area contributed by atoms with Crippen LogP contribution in [-0.2, 0) is 11.2 Å². The molecule has 6 heteroatoms. The molecule has 0 aliphatic rings. The maximum atomic E-state index is 11.1. The number of ether oxygens (including phenoxy) is 1. The molecule has 0 aromatic heterocycles. The first kappa shape index (κ1) is 14.5. The zero-order valence-electron chi connectivity index (χ0n) is 11.3. The number of hydrogen-bond acceptors (Lipinski definition) is 4. The van der Waals surface area contributed by atoms with Crippen LogP contribution in [0.15, 0.2) is 42.5 Å². The Morgan fingerprint density at radius 2 is 1.95 bits per heavy atom. The van der Waals surface area contributed by atoms with Crippen molar-refractivity contribution >= 4 is 11.7 Å². The Kier molecular flexibility index (Phi) is 4.18. The minimum Gasteiger partial charge on any atom is -0.497 e. The van der Waals surface area contributed by atoms with Crippen LogP contribution in [-0.4, -0.2) is 23.1 Å². The van der Waals surface area contributed by atoms with E-state index in [1.807, 2.05) is 0 Å². The van der Waals surface area contributed by atoms with Crippen molar-refractivity contribution in [2.24, 2.45) is 0 Å². The van der Waals surface area contributed by atoms with Gasteiger partial charge in [-0.2, -0.15) is 0 Å². The summed E-state index contributed by atoms with van der Waals surface area (Å²) in [7, 11) is 1.54. The van der Waals surface area contributed by atoms with Crippen LogP contribution >= 0.6 is 0 Å². The number of carboxylic acids is 1. The van der Waals surface area contributed by atoms with Gasteiger partial charge in [-0.15, -0.1) is 0 Å². The lowest BCUT2D eigenvalue weighted by Crippen LogP contribution is -2.03. The fourth-order valence-electron chi connectivity index (χ4n) is 2.03. The zero-order chi connectivity index (χ0) is 15.4. The van der Waals surface area contributed by atoms with E-state index in [2.05, 4.69) is 0 Å². The second kappa shape index (κ2) is 6.04. The Hall–Kier alpha value is -2.89. The Labute approximate surface area is 120 Å². The van der Waals surface area contributed by atoms with Crippen LogP contribution in [0.3, 0.4) is 0 Å². The molecule has 0 saturated carbocycles. The number of carboxylic acid groups (broad SMARTS) is 1. The molecule has 0 aliphatic carbocycles. The van der Waals surface area contributed by atoms with Crippen LogP contribution in [0.4, 0.5) is 5.69 Å². The van der Waals surface area contributed by atoms with Crippen molar-refractivity contribution in [3.8, 4) is 16.9 Å². The number of carbonyl (C=O) groups is 1. The number of nitro groups is 1. The van der Waals surface area contributed by atoms with E-state index < -0.39 is 10.9 Å². The molecular weight excluding hydrogens is 274 g/mol. The zero-order valence-corrected chi connectivity index (χ0v) is 11.3. The van der Waals surface area contributed by atoms with Crippen LogP contribution in [0.25, 0.3) is 11.1 Å². The SMILES string of the molecule is COc1cccc(-c2ccc(CC(=O)O)c([N+](=O)[O-])c2)c1. The van der Waals surface area contributed by atoms with Gasteiger partial charge in [0, 0.05) is 11.6 Å². The molecule has 0 unspecified atom stereocenters. The number of methoxy groups -OCH3 is 1. The van der Waals surface area contributed by atoms with E-state index in [0.29, 0.717) is 11.3 Å². The average molecular weight is 287 g/mol. The van der Waals surface area contributed by atoms with Gasteiger partial charge in [-0.1, -0.05) is 24.3 Å². The van der Waals surface area contributed by atoms with Crippen LogP contribution in [0.2, 0.25) is 0 Å². The van der Waals surface area contributed by atoms with Crippen molar-refractivity contribution in [2.75, 3.05) is 7.11 Å². The lowest BCUT2D eigenvalue weighted by Gasteiger charge is -2.06. The number of rotatable bonds is 5. The summed E-state index contributed by atoms with van der Waals surface area (Å²) in [5.74, 6) is -0.461. The molecule has 21 heavy (non-hydrogen) atoms. The Morgan fingerprint density at radius 3 is 2.57 bits per heavy atom. The van der Waals surface area contributed by atoms with Gasteiger partial charge in [0.15, 0.2) is 0 Å². The summed E-state index contributed by atoms with van der Waals surface area (Å²) >= 11 is 0. The third kappa shape index (κ3) is 3.36. The highest BCUT2D eigenvalue weighted by atomic mass is 16.6. The molecule has 0 heterocycles. The number of hydrogen-bond donors (Lipinski definition) is 1. The first-order valence-corrected chi connectivity index (χ1v) is 6.15. The Balaban J connectivity index is 2.48. The fraction of sp³-hybridized carbons (Fsp3) is 0.133. The number of benzene rings is 2. The first-order valence-electron chi connectivity index (χ1n) is 6.15. The third-order valence-corrected chi connectivity index (χ3v) is 3.03. The van der Waals surface area contributed by atoms with Gasteiger partial charge in [-0.3, -0.25) is 14.9 Å². The van der Waals surface area contributed by atoms with Crippen molar-refractivity contribution < 1.29 is 19.6 Å². The molecule has 0 saturated heterocycles. The number of nitrogens with zero attached hydrogens (tertiary/aromatic N) is 1. The highest BCUT2D eigenvalue weighted by molar-refractivity contribution is 5.74. The highest BCUT2D eigenvalue weighted by Gasteiger charge is 2.17. The van der Waals surface area contributed by atoms with Crippen LogP contribution in [0.5, 0.6) is 5.75 Å². The monoisotopic (exact) mass is 287 g/mol. The molecule has 1 N–H and O–H groups in total. The molecular formula is C15H13NO5. The fourth-order valence-corrected chi connectivity index (χ4v) is 2.03. The smallest absolute Gasteiger partial charge is 0.308 e. The molecule has 0 fully saturated rings. The molecule has 2 aromatic rings. The van der Waals surface area contributed by atoms with E-state index in [0.717, 1.165) is 5.56 Å². The molecule has 2 aromatic carbocycles. The Bertz CT molecular complexity index is 696. The van der Waals surface area contributed by atoms with E-state index >= 15 is 0 Å². The van der Waals surface area contributed by atoms with Crippen molar-refractivity contribution in [2.45, 2.75) is 6.42 Å². The largest absolute Gasteiger partial charge is 0.497 e. The molecule has 0 aliphatic heterocycles. The molecule has 0 radical (unpaired) electrons. The molecule has 0 atom stereocenters. The summed E-state index contributed by atoms with van der Waals surface area (Å²) in [4.78, 5) is 21.3. The predicted octanol–water partition coefficient (Wildman–Crippen LogP) is 2.90. The molecule has 6 nitrogen and oxygen atoms in total.